The molecule has 26 heavy (non-hydrogen) atoms. The number of nitrogens with zero attached hydrogens (tertiary/aromatic N) is 2. The fraction of sp³-hybridized carbons (Fsp3) is 0.333. The van der Waals surface area contributed by atoms with Gasteiger partial charge in [0.05, 0.1) is 11.4 Å². The molecule has 0 heterocycles. The van der Waals surface area contributed by atoms with Crippen molar-refractivity contribution in [2.24, 2.45) is 22.1 Å². The van der Waals surface area contributed by atoms with Crippen molar-refractivity contribution in [3.8, 4) is 0 Å². The van der Waals surface area contributed by atoms with Crippen LogP contribution < -0.4 is 5.32 Å². The van der Waals surface area contributed by atoms with Gasteiger partial charge in [-0.1, -0.05) is 39.8 Å². The number of nitrogens with one attached hydrogen (secondary N) is 1. The summed E-state index contributed by atoms with van der Waals surface area (Å²) in [5.74, 6) is 0.190. The number of hydrogen-bond donors (Lipinski definition) is 1. The van der Waals surface area contributed by atoms with Crippen molar-refractivity contribution in [1.29, 1.82) is 0 Å². The average molecular weight is 351 g/mol. The molecule has 1 N–H and O–H groups in total. The third kappa shape index (κ3) is 5.92. The number of ketones is 1. The molecule has 5 heteroatoms. The zero-order chi connectivity index (χ0) is 19.1. The first kappa shape index (κ1) is 19.5. The molecule has 0 radical (unpaired) electrons. The van der Waals surface area contributed by atoms with Gasteiger partial charge in [-0.05, 0) is 42.0 Å². The molecule has 5 nitrogen and oxygen atoms in total. The fourth-order valence-electron chi connectivity index (χ4n) is 2.10. The predicted molar refractivity (Wildman–Crippen MR) is 104 cm³/mol. The van der Waals surface area contributed by atoms with Gasteiger partial charge in [-0.25, -0.2) is 0 Å². The Bertz CT molecular complexity index is 708. The first-order valence-corrected chi connectivity index (χ1v) is 8.79. The van der Waals surface area contributed by atoms with Gasteiger partial charge in [0.15, 0.2) is 0 Å². The highest BCUT2D eigenvalue weighted by Crippen LogP contribution is 2.21. The van der Waals surface area contributed by atoms with Crippen molar-refractivity contribution < 1.29 is 9.59 Å². The quantitative estimate of drug-likeness (QED) is 0.672. The summed E-state index contributed by atoms with van der Waals surface area (Å²) in [6.07, 6.45) is 0.443. The van der Waals surface area contributed by atoms with E-state index >= 15 is 0 Å². The Kier molecular flexibility index (Phi) is 6.78. The van der Waals surface area contributed by atoms with Crippen LogP contribution in [0.2, 0.25) is 0 Å². The molecule has 0 saturated carbocycles. The summed E-state index contributed by atoms with van der Waals surface area (Å²) in [4.78, 5) is 23.4. The maximum atomic E-state index is 11.8. The van der Waals surface area contributed by atoms with Crippen molar-refractivity contribution in [2.45, 2.75) is 34.1 Å². The van der Waals surface area contributed by atoms with Crippen LogP contribution in [-0.4, -0.2) is 11.7 Å². The number of amides is 1. The number of hydrogen-bond acceptors (Lipinski definition) is 4. The molecular formula is C21H25N3O2. The van der Waals surface area contributed by atoms with Crippen molar-refractivity contribution in [3.63, 3.8) is 0 Å². The lowest BCUT2D eigenvalue weighted by atomic mass is 10.0. The van der Waals surface area contributed by atoms with E-state index in [1.165, 1.54) is 0 Å². The molecule has 0 fully saturated rings. The van der Waals surface area contributed by atoms with E-state index in [9.17, 15) is 9.59 Å². The summed E-state index contributed by atoms with van der Waals surface area (Å²) in [6.45, 7) is 7.51. The van der Waals surface area contributed by atoms with E-state index in [1.54, 1.807) is 24.3 Å². The Labute approximate surface area is 154 Å². The molecule has 0 bridgehead atoms. The number of anilines is 1. The van der Waals surface area contributed by atoms with Crippen molar-refractivity contribution in [2.75, 3.05) is 5.32 Å². The molecule has 0 aliphatic carbocycles. The highest BCUT2D eigenvalue weighted by Gasteiger charge is 2.08. The highest BCUT2D eigenvalue weighted by molar-refractivity contribution is 5.92. The zero-order valence-electron chi connectivity index (χ0n) is 15.7. The minimum Gasteiger partial charge on any atom is -0.326 e. The number of carbonyl (C=O) groups is 2. The van der Waals surface area contributed by atoms with Gasteiger partial charge in [0.1, 0.15) is 5.78 Å². The average Bonchev–Trinajstić information content (AvgIpc) is 2.62. The lowest BCUT2D eigenvalue weighted by molar-refractivity contribution is -0.121. The number of Topliss-reactive ketones (excluding diaryl/α,β-unsaturated/α-hetero) is 1. The largest absolute Gasteiger partial charge is 0.326 e. The second-order valence-electron chi connectivity index (χ2n) is 6.86. The van der Waals surface area contributed by atoms with E-state index in [0.29, 0.717) is 12.1 Å². The maximum Gasteiger partial charge on any atom is 0.226 e. The topological polar surface area (TPSA) is 70.9 Å². The Morgan fingerprint density at radius 2 is 1.31 bits per heavy atom. The molecular weight excluding hydrogens is 326 g/mol. The Hall–Kier alpha value is -2.82. The third-order valence-electron chi connectivity index (χ3n) is 3.90. The van der Waals surface area contributed by atoms with Crippen LogP contribution in [0.1, 0.15) is 33.3 Å². The van der Waals surface area contributed by atoms with Gasteiger partial charge in [0.2, 0.25) is 5.91 Å². The van der Waals surface area contributed by atoms with E-state index in [2.05, 4.69) is 15.5 Å². The molecule has 2 rings (SSSR count). The Balaban J connectivity index is 1.96. The predicted octanol–water partition coefficient (Wildman–Crippen LogP) is 5.46. The van der Waals surface area contributed by atoms with Crippen LogP contribution in [0.5, 0.6) is 0 Å². The minimum absolute atomic E-state index is 0.0181. The highest BCUT2D eigenvalue weighted by atomic mass is 16.1. The van der Waals surface area contributed by atoms with Gasteiger partial charge >= 0.3 is 0 Å². The number of carbonyl (C=O) groups excluding carboxylic acids is 2. The third-order valence-corrected chi connectivity index (χ3v) is 3.90. The Morgan fingerprint density at radius 3 is 1.77 bits per heavy atom. The second-order valence-corrected chi connectivity index (χ2v) is 6.86. The first-order chi connectivity index (χ1) is 12.3. The van der Waals surface area contributed by atoms with E-state index in [0.717, 1.165) is 16.9 Å². The van der Waals surface area contributed by atoms with Crippen LogP contribution in [0.4, 0.5) is 17.1 Å². The number of rotatable bonds is 7. The molecule has 0 unspecified atom stereocenters. The molecule has 0 aliphatic heterocycles. The van der Waals surface area contributed by atoms with Crippen LogP contribution in [0.3, 0.4) is 0 Å². The SMILES string of the molecule is CC(C)C(=O)Cc1ccc(N=Nc2ccc(NC(=O)C(C)C)cc2)cc1. The van der Waals surface area contributed by atoms with Crippen LogP contribution >= 0.6 is 0 Å². The van der Waals surface area contributed by atoms with Crippen molar-refractivity contribution >= 4 is 28.8 Å². The lowest BCUT2D eigenvalue weighted by Gasteiger charge is -2.07. The zero-order valence-corrected chi connectivity index (χ0v) is 15.7. The summed E-state index contributed by atoms with van der Waals surface area (Å²) < 4.78 is 0. The first-order valence-electron chi connectivity index (χ1n) is 8.79. The molecule has 1 amide bonds. The number of azo groups is 1. The smallest absolute Gasteiger partial charge is 0.226 e. The molecule has 0 saturated heterocycles. The molecule has 2 aromatic carbocycles. The van der Waals surface area contributed by atoms with Crippen LogP contribution in [0.25, 0.3) is 0 Å². The summed E-state index contributed by atoms with van der Waals surface area (Å²) in [5, 5.41) is 11.2. The van der Waals surface area contributed by atoms with Gasteiger partial charge in [0.25, 0.3) is 0 Å². The summed E-state index contributed by atoms with van der Waals surface area (Å²) in [7, 11) is 0. The molecule has 2 aromatic rings. The van der Waals surface area contributed by atoms with Gasteiger partial charge in [-0.15, -0.1) is 0 Å². The van der Waals surface area contributed by atoms with Crippen molar-refractivity contribution in [3.05, 3.63) is 54.1 Å². The normalized spacial score (nSPS) is 11.3. The van der Waals surface area contributed by atoms with E-state index in [1.807, 2.05) is 52.0 Å². The van der Waals surface area contributed by atoms with Gasteiger partial charge in [-0.3, -0.25) is 9.59 Å². The monoisotopic (exact) mass is 351 g/mol. The summed E-state index contributed by atoms with van der Waals surface area (Å²) in [5.41, 5.74) is 3.14. The fourth-order valence-corrected chi connectivity index (χ4v) is 2.10. The molecule has 0 spiro atoms. The molecule has 0 aromatic heterocycles. The summed E-state index contributed by atoms with van der Waals surface area (Å²) >= 11 is 0. The molecule has 0 atom stereocenters. The Morgan fingerprint density at radius 1 is 0.808 bits per heavy atom. The standard InChI is InChI=1S/C21H25N3O2/c1-14(2)20(25)13-16-5-7-18(8-6-16)23-24-19-11-9-17(10-12-19)22-21(26)15(3)4/h5-12,14-15H,13H2,1-4H3,(H,22,26). The van der Waals surface area contributed by atoms with Gasteiger partial charge in [0, 0.05) is 23.9 Å². The minimum atomic E-state index is -0.0619. The number of benzene rings is 2. The van der Waals surface area contributed by atoms with Gasteiger partial charge in [-0.2, -0.15) is 10.2 Å². The van der Waals surface area contributed by atoms with Crippen molar-refractivity contribution in [1.82, 2.24) is 0 Å². The van der Waals surface area contributed by atoms with E-state index in [4.69, 9.17) is 0 Å². The van der Waals surface area contributed by atoms with E-state index < -0.39 is 0 Å². The summed E-state index contributed by atoms with van der Waals surface area (Å²) in [6, 6.07) is 14.7. The van der Waals surface area contributed by atoms with Crippen LogP contribution in [0, 0.1) is 11.8 Å². The molecule has 0 aliphatic rings. The maximum absolute atomic E-state index is 11.8. The van der Waals surface area contributed by atoms with Crippen LogP contribution in [-0.2, 0) is 16.0 Å². The van der Waals surface area contributed by atoms with Gasteiger partial charge < -0.3 is 5.32 Å². The van der Waals surface area contributed by atoms with Crippen LogP contribution in [0.15, 0.2) is 58.8 Å². The molecule has 136 valence electrons. The lowest BCUT2D eigenvalue weighted by Crippen LogP contribution is -2.17. The van der Waals surface area contributed by atoms with E-state index in [-0.39, 0.29) is 23.5 Å². The second kappa shape index (κ2) is 9.04.